The molecule has 0 aromatic carbocycles. The van der Waals surface area contributed by atoms with Crippen molar-refractivity contribution >= 4 is 11.6 Å². The molecular formula is C11H13F3N6. The lowest BCUT2D eigenvalue weighted by Crippen LogP contribution is -2.15. The molecule has 2 aromatic heterocycles. The second-order valence-corrected chi connectivity index (χ2v) is 4.01. The summed E-state index contributed by atoms with van der Waals surface area (Å²) < 4.78 is 39.6. The minimum Gasteiger partial charge on any atom is -0.373 e. The van der Waals surface area contributed by atoms with E-state index >= 15 is 0 Å². The van der Waals surface area contributed by atoms with Crippen LogP contribution in [0.5, 0.6) is 0 Å². The van der Waals surface area contributed by atoms with Crippen molar-refractivity contribution in [3.63, 3.8) is 0 Å². The van der Waals surface area contributed by atoms with E-state index in [9.17, 15) is 13.2 Å². The van der Waals surface area contributed by atoms with Crippen LogP contribution in [0.4, 0.5) is 24.8 Å². The van der Waals surface area contributed by atoms with Crippen molar-refractivity contribution < 1.29 is 13.2 Å². The number of rotatable bonds is 4. The average Bonchev–Trinajstić information content (AvgIpc) is 2.80. The summed E-state index contributed by atoms with van der Waals surface area (Å²) in [6, 6.07) is 3.17. The molecule has 0 atom stereocenters. The van der Waals surface area contributed by atoms with Gasteiger partial charge in [-0.3, -0.25) is 4.68 Å². The van der Waals surface area contributed by atoms with Gasteiger partial charge in [-0.15, -0.1) is 0 Å². The fourth-order valence-electron chi connectivity index (χ4n) is 1.55. The Morgan fingerprint density at radius 1 is 1.25 bits per heavy atom. The summed E-state index contributed by atoms with van der Waals surface area (Å²) in [6.45, 7) is 0.313. The van der Waals surface area contributed by atoms with Crippen LogP contribution in [0.3, 0.4) is 0 Å². The zero-order valence-electron chi connectivity index (χ0n) is 10.9. The van der Waals surface area contributed by atoms with Crippen molar-refractivity contribution in [2.24, 2.45) is 7.05 Å². The SMILES string of the molecule is CNc1cc(NCc2ccnn2C)nc(C(F)(F)F)n1. The van der Waals surface area contributed by atoms with Crippen LogP contribution in [-0.4, -0.2) is 26.8 Å². The highest BCUT2D eigenvalue weighted by atomic mass is 19.4. The van der Waals surface area contributed by atoms with E-state index in [2.05, 4.69) is 25.7 Å². The average molecular weight is 286 g/mol. The second-order valence-electron chi connectivity index (χ2n) is 4.01. The smallest absolute Gasteiger partial charge is 0.373 e. The van der Waals surface area contributed by atoms with Gasteiger partial charge in [-0.1, -0.05) is 0 Å². The van der Waals surface area contributed by atoms with Crippen LogP contribution in [0.1, 0.15) is 11.5 Å². The summed E-state index contributed by atoms with van der Waals surface area (Å²) in [6.07, 6.45) is -2.98. The van der Waals surface area contributed by atoms with E-state index in [1.807, 2.05) is 0 Å². The standard InChI is InChI=1S/C11H13F3N6/c1-15-8-5-9(19-10(18-8)11(12,13)14)16-6-7-3-4-17-20(7)2/h3-5H,6H2,1-2H3,(H2,15,16,18,19). The second kappa shape index (κ2) is 5.35. The topological polar surface area (TPSA) is 67.7 Å². The van der Waals surface area contributed by atoms with Gasteiger partial charge in [0.15, 0.2) is 0 Å². The zero-order valence-corrected chi connectivity index (χ0v) is 10.9. The first-order chi connectivity index (χ1) is 9.40. The third kappa shape index (κ3) is 3.16. The number of nitrogens with zero attached hydrogens (tertiary/aromatic N) is 4. The Morgan fingerprint density at radius 2 is 1.95 bits per heavy atom. The molecule has 2 heterocycles. The number of hydrogen-bond acceptors (Lipinski definition) is 5. The number of aryl methyl sites for hydroxylation is 1. The van der Waals surface area contributed by atoms with Crippen molar-refractivity contribution in [3.05, 3.63) is 29.8 Å². The summed E-state index contributed by atoms with van der Waals surface area (Å²) in [4.78, 5) is 6.85. The summed E-state index contributed by atoms with van der Waals surface area (Å²) in [5.41, 5.74) is 0.822. The predicted octanol–water partition coefficient (Wildman–Crippen LogP) is 1.88. The number of alkyl halides is 3. The molecule has 0 spiro atoms. The van der Waals surface area contributed by atoms with Crippen molar-refractivity contribution in [1.82, 2.24) is 19.7 Å². The lowest BCUT2D eigenvalue weighted by molar-refractivity contribution is -0.144. The molecule has 0 saturated carbocycles. The Balaban J connectivity index is 2.21. The van der Waals surface area contributed by atoms with Gasteiger partial charge in [-0.2, -0.15) is 18.3 Å². The molecule has 0 aliphatic rings. The number of halogens is 3. The van der Waals surface area contributed by atoms with Gasteiger partial charge in [0.2, 0.25) is 5.82 Å². The van der Waals surface area contributed by atoms with E-state index in [0.717, 1.165) is 5.69 Å². The van der Waals surface area contributed by atoms with E-state index in [4.69, 9.17) is 0 Å². The minimum absolute atomic E-state index is 0.0953. The molecule has 2 rings (SSSR count). The van der Waals surface area contributed by atoms with E-state index in [1.165, 1.54) is 13.1 Å². The van der Waals surface area contributed by atoms with E-state index in [-0.39, 0.29) is 11.6 Å². The van der Waals surface area contributed by atoms with Crippen LogP contribution < -0.4 is 10.6 Å². The largest absolute Gasteiger partial charge is 0.451 e. The normalized spacial score (nSPS) is 11.4. The Bertz CT molecular complexity index is 592. The molecule has 0 saturated heterocycles. The fourth-order valence-corrected chi connectivity index (χ4v) is 1.55. The molecule has 0 fully saturated rings. The molecule has 0 radical (unpaired) electrons. The third-order valence-electron chi connectivity index (χ3n) is 2.61. The summed E-state index contributed by atoms with van der Waals surface area (Å²) in [5.74, 6) is -0.991. The van der Waals surface area contributed by atoms with Crippen LogP contribution in [0.2, 0.25) is 0 Å². The van der Waals surface area contributed by atoms with Gasteiger partial charge < -0.3 is 10.6 Å². The van der Waals surface area contributed by atoms with Crippen LogP contribution in [-0.2, 0) is 19.8 Å². The van der Waals surface area contributed by atoms with Crippen molar-refractivity contribution in [2.75, 3.05) is 17.7 Å². The van der Waals surface area contributed by atoms with E-state index in [1.54, 1.807) is 24.0 Å². The molecular weight excluding hydrogens is 273 g/mol. The maximum absolute atomic E-state index is 12.7. The summed E-state index contributed by atoms with van der Waals surface area (Å²) in [5, 5.41) is 9.37. The highest BCUT2D eigenvalue weighted by molar-refractivity contribution is 5.47. The van der Waals surface area contributed by atoms with Gasteiger partial charge in [0.25, 0.3) is 0 Å². The summed E-state index contributed by atoms with van der Waals surface area (Å²) >= 11 is 0. The first-order valence-electron chi connectivity index (χ1n) is 5.75. The molecule has 2 N–H and O–H groups in total. The number of hydrogen-bond donors (Lipinski definition) is 2. The van der Waals surface area contributed by atoms with Crippen LogP contribution in [0.25, 0.3) is 0 Å². The molecule has 2 aromatic rings. The van der Waals surface area contributed by atoms with E-state index in [0.29, 0.717) is 6.54 Å². The highest BCUT2D eigenvalue weighted by Gasteiger charge is 2.35. The molecule has 9 heteroatoms. The molecule has 0 aliphatic heterocycles. The molecule has 0 bridgehead atoms. The maximum Gasteiger partial charge on any atom is 0.451 e. The van der Waals surface area contributed by atoms with Gasteiger partial charge in [-0.05, 0) is 6.07 Å². The predicted molar refractivity (Wildman–Crippen MR) is 67.1 cm³/mol. The van der Waals surface area contributed by atoms with Crippen molar-refractivity contribution in [1.29, 1.82) is 0 Å². The van der Waals surface area contributed by atoms with E-state index < -0.39 is 12.0 Å². The lowest BCUT2D eigenvalue weighted by Gasteiger charge is -2.11. The van der Waals surface area contributed by atoms with Crippen LogP contribution in [0.15, 0.2) is 18.3 Å². The number of aromatic nitrogens is 4. The molecule has 108 valence electrons. The van der Waals surface area contributed by atoms with Crippen molar-refractivity contribution in [3.8, 4) is 0 Å². The van der Waals surface area contributed by atoms with Crippen LogP contribution in [0, 0.1) is 0 Å². The lowest BCUT2D eigenvalue weighted by atomic mass is 10.4. The zero-order chi connectivity index (χ0) is 14.8. The molecule has 0 amide bonds. The Hall–Kier alpha value is -2.32. The highest BCUT2D eigenvalue weighted by Crippen LogP contribution is 2.28. The minimum atomic E-state index is -4.59. The third-order valence-corrected chi connectivity index (χ3v) is 2.61. The quantitative estimate of drug-likeness (QED) is 0.898. The molecule has 20 heavy (non-hydrogen) atoms. The molecule has 6 nitrogen and oxygen atoms in total. The Morgan fingerprint density at radius 3 is 2.50 bits per heavy atom. The Labute approximate surface area is 113 Å². The van der Waals surface area contributed by atoms with Gasteiger partial charge >= 0.3 is 6.18 Å². The van der Waals surface area contributed by atoms with Gasteiger partial charge in [-0.25, -0.2) is 9.97 Å². The Kier molecular flexibility index (Phi) is 3.77. The fraction of sp³-hybridized carbons (Fsp3) is 0.364. The van der Waals surface area contributed by atoms with Crippen molar-refractivity contribution in [2.45, 2.75) is 12.7 Å². The monoisotopic (exact) mass is 286 g/mol. The molecule has 0 aliphatic carbocycles. The maximum atomic E-state index is 12.7. The van der Waals surface area contributed by atoms with Crippen LogP contribution >= 0.6 is 0 Å². The molecule has 0 unspecified atom stereocenters. The van der Waals surface area contributed by atoms with Gasteiger partial charge in [0.05, 0.1) is 12.2 Å². The van der Waals surface area contributed by atoms with Gasteiger partial charge in [0.1, 0.15) is 11.6 Å². The summed E-state index contributed by atoms with van der Waals surface area (Å²) in [7, 11) is 3.24. The number of anilines is 2. The first kappa shape index (κ1) is 14.1. The van der Waals surface area contributed by atoms with Gasteiger partial charge in [0, 0.05) is 26.4 Å². The first-order valence-corrected chi connectivity index (χ1v) is 5.75. The number of nitrogens with one attached hydrogen (secondary N) is 2.